The van der Waals surface area contributed by atoms with Crippen LogP contribution in [0.25, 0.3) is 22.0 Å². The van der Waals surface area contributed by atoms with Gasteiger partial charge in [-0.25, -0.2) is 18.7 Å². The van der Waals surface area contributed by atoms with Gasteiger partial charge in [-0.15, -0.1) is 0 Å². The topological polar surface area (TPSA) is 52.6 Å². The number of benzene rings is 2. The van der Waals surface area contributed by atoms with Crippen LogP contribution in [0.3, 0.4) is 0 Å². The van der Waals surface area contributed by atoms with Crippen molar-refractivity contribution in [3.63, 3.8) is 0 Å². The van der Waals surface area contributed by atoms with Gasteiger partial charge in [-0.2, -0.15) is 0 Å². The van der Waals surface area contributed by atoms with Crippen LogP contribution in [0.4, 0.5) is 14.6 Å². The van der Waals surface area contributed by atoms with Crippen LogP contribution >= 0.6 is 11.6 Å². The molecule has 3 aromatic rings. The number of piperazine rings is 1. The lowest BCUT2D eigenvalue weighted by Gasteiger charge is -2.35. The molecule has 0 bridgehead atoms. The van der Waals surface area contributed by atoms with Gasteiger partial charge in [0.15, 0.2) is 5.82 Å². The first-order chi connectivity index (χ1) is 15.8. The summed E-state index contributed by atoms with van der Waals surface area (Å²) in [7, 11) is 3.71. The van der Waals surface area contributed by atoms with Crippen LogP contribution in [-0.2, 0) is 11.3 Å². The lowest BCUT2D eigenvalue weighted by atomic mass is 9.96. The molecule has 0 spiro atoms. The highest BCUT2D eigenvalue weighted by Crippen LogP contribution is 2.40. The summed E-state index contributed by atoms with van der Waals surface area (Å²) in [4.78, 5) is 25.9. The Hall–Kier alpha value is -3.10. The molecule has 9 heteroatoms. The summed E-state index contributed by atoms with van der Waals surface area (Å²) < 4.78 is 30.8. The van der Waals surface area contributed by atoms with Gasteiger partial charge in [-0.1, -0.05) is 30.3 Å². The Bertz CT molecular complexity index is 1230. The number of hydrogen-bond donors (Lipinski definition) is 0. The zero-order chi connectivity index (χ0) is 23.7. The molecule has 1 amide bonds. The number of anilines is 1. The lowest BCUT2D eigenvalue weighted by molar-refractivity contribution is -0.126. The van der Waals surface area contributed by atoms with Crippen molar-refractivity contribution >= 4 is 34.2 Å². The molecule has 1 aliphatic rings. The standard InChI is InChI=1S/C24H24ClF2N5O/c1-4-19(33)31-8-10-32(11-9-31)24-16-12-17(25)21(22(27)23(16)28-14-29-24)20-15(13-30(2)3)6-5-7-18(20)26/h4-7,12,14H,1,8-11,13H2,2-3H3. The summed E-state index contributed by atoms with van der Waals surface area (Å²) in [6.45, 7) is 5.97. The zero-order valence-corrected chi connectivity index (χ0v) is 19.2. The summed E-state index contributed by atoms with van der Waals surface area (Å²) in [6.07, 6.45) is 2.58. The Morgan fingerprint density at radius 2 is 1.91 bits per heavy atom. The van der Waals surface area contributed by atoms with Crippen molar-refractivity contribution in [1.82, 2.24) is 19.8 Å². The monoisotopic (exact) mass is 471 g/mol. The van der Waals surface area contributed by atoms with E-state index in [-0.39, 0.29) is 27.6 Å². The van der Waals surface area contributed by atoms with E-state index in [0.29, 0.717) is 49.5 Å². The van der Waals surface area contributed by atoms with E-state index in [9.17, 15) is 9.18 Å². The van der Waals surface area contributed by atoms with Crippen LogP contribution in [-0.4, -0.2) is 65.9 Å². The van der Waals surface area contributed by atoms with Crippen molar-refractivity contribution < 1.29 is 13.6 Å². The average molecular weight is 472 g/mol. The molecule has 1 fully saturated rings. The number of carbonyl (C=O) groups excluding carboxylic acids is 1. The molecular formula is C24H24ClF2N5O. The van der Waals surface area contributed by atoms with Gasteiger partial charge >= 0.3 is 0 Å². The number of fused-ring (bicyclic) bond motifs is 1. The number of rotatable bonds is 5. The van der Waals surface area contributed by atoms with Crippen molar-refractivity contribution in [2.24, 2.45) is 0 Å². The van der Waals surface area contributed by atoms with Crippen molar-refractivity contribution in [2.75, 3.05) is 45.2 Å². The Labute approximate surface area is 196 Å². The molecule has 2 heterocycles. The van der Waals surface area contributed by atoms with Crippen molar-refractivity contribution in [1.29, 1.82) is 0 Å². The molecule has 6 nitrogen and oxygen atoms in total. The van der Waals surface area contributed by atoms with Crippen LogP contribution < -0.4 is 4.90 Å². The fourth-order valence-corrected chi connectivity index (χ4v) is 4.47. The minimum Gasteiger partial charge on any atom is -0.352 e. The lowest BCUT2D eigenvalue weighted by Crippen LogP contribution is -2.48. The molecule has 1 saturated heterocycles. The Balaban J connectivity index is 1.79. The Kier molecular flexibility index (Phi) is 6.58. The van der Waals surface area contributed by atoms with Crippen molar-refractivity contribution in [3.05, 3.63) is 65.5 Å². The predicted molar refractivity (Wildman–Crippen MR) is 126 cm³/mol. The number of carbonyl (C=O) groups is 1. The van der Waals surface area contributed by atoms with Gasteiger partial charge in [0.2, 0.25) is 5.91 Å². The first-order valence-electron chi connectivity index (χ1n) is 10.5. The van der Waals surface area contributed by atoms with Gasteiger partial charge in [0.05, 0.1) is 5.02 Å². The SMILES string of the molecule is C=CC(=O)N1CCN(c2ncnc3c(F)c(-c4c(F)cccc4CN(C)C)c(Cl)cc23)CC1. The van der Waals surface area contributed by atoms with Crippen LogP contribution in [0.5, 0.6) is 0 Å². The molecule has 1 aliphatic heterocycles. The molecule has 0 N–H and O–H groups in total. The third-order valence-corrected chi connectivity index (χ3v) is 6.00. The highest BCUT2D eigenvalue weighted by Gasteiger charge is 2.26. The fourth-order valence-electron chi connectivity index (χ4n) is 4.19. The van der Waals surface area contributed by atoms with Crippen LogP contribution in [0, 0.1) is 11.6 Å². The first-order valence-corrected chi connectivity index (χ1v) is 10.9. The van der Waals surface area contributed by atoms with E-state index in [1.165, 1.54) is 18.5 Å². The first kappa shape index (κ1) is 23.1. The maximum atomic E-state index is 15.8. The highest BCUT2D eigenvalue weighted by atomic mass is 35.5. The largest absolute Gasteiger partial charge is 0.352 e. The maximum absolute atomic E-state index is 15.8. The normalized spacial score (nSPS) is 14.2. The molecule has 33 heavy (non-hydrogen) atoms. The van der Waals surface area contributed by atoms with Gasteiger partial charge in [0.1, 0.15) is 23.5 Å². The fraction of sp³-hybridized carbons (Fsp3) is 0.292. The summed E-state index contributed by atoms with van der Waals surface area (Å²) in [6, 6.07) is 6.25. The Morgan fingerprint density at radius 3 is 2.58 bits per heavy atom. The molecule has 0 radical (unpaired) electrons. The number of halogens is 3. The molecule has 4 rings (SSSR count). The van der Waals surface area contributed by atoms with Crippen molar-refractivity contribution in [2.45, 2.75) is 6.54 Å². The minimum absolute atomic E-state index is 0.00911. The van der Waals surface area contributed by atoms with Crippen LogP contribution in [0.15, 0.2) is 43.2 Å². The minimum atomic E-state index is -0.688. The molecule has 1 aromatic heterocycles. The zero-order valence-electron chi connectivity index (χ0n) is 18.5. The second-order valence-electron chi connectivity index (χ2n) is 8.17. The van der Waals surface area contributed by atoms with Gasteiger partial charge < -0.3 is 14.7 Å². The molecule has 0 unspecified atom stereocenters. The van der Waals surface area contributed by atoms with Gasteiger partial charge in [0, 0.05) is 49.2 Å². The molecule has 2 aromatic carbocycles. The second kappa shape index (κ2) is 9.41. The van der Waals surface area contributed by atoms with E-state index in [1.807, 2.05) is 23.9 Å². The van der Waals surface area contributed by atoms with E-state index in [1.54, 1.807) is 23.1 Å². The number of amides is 1. The molecular weight excluding hydrogens is 448 g/mol. The number of aromatic nitrogens is 2. The van der Waals surface area contributed by atoms with Crippen LogP contribution in [0.2, 0.25) is 5.02 Å². The van der Waals surface area contributed by atoms with E-state index in [0.717, 1.165) is 0 Å². The van der Waals surface area contributed by atoms with Crippen molar-refractivity contribution in [3.8, 4) is 11.1 Å². The van der Waals surface area contributed by atoms with Gasteiger partial charge in [-0.05, 0) is 37.9 Å². The Morgan fingerprint density at radius 1 is 1.18 bits per heavy atom. The molecule has 172 valence electrons. The molecule has 0 atom stereocenters. The quantitative estimate of drug-likeness (QED) is 0.524. The summed E-state index contributed by atoms with van der Waals surface area (Å²) in [5, 5.41) is 0.527. The highest BCUT2D eigenvalue weighted by molar-refractivity contribution is 6.34. The third-order valence-electron chi connectivity index (χ3n) is 5.70. The van der Waals surface area contributed by atoms with E-state index in [4.69, 9.17) is 11.6 Å². The summed E-state index contributed by atoms with van der Waals surface area (Å²) in [5.74, 6) is -0.835. The summed E-state index contributed by atoms with van der Waals surface area (Å²) in [5.41, 5.74) is 0.818. The summed E-state index contributed by atoms with van der Waals surface area (Å²) >= 11 is 6.56. The third kappa shape index (κ3) is 4.41. The maximum Gasteiger partial charge on any atom is 0.246 e. The molecule has 0 aliphatic carbocycles. The number of hydrogen-bond acceptors (Lipinski definition) is 5. The van der Waals surface area contributed by atoms with Gasteiger partial charge in [-0.3, -0.25) is 4.79 Å². The average Bonchev–Trinajstić information content (AvgIpc) is 2.79. The van der Waals surface area contributed by atoms with Gasteiger partial charge in [0.25, 0.3) is 0 Å². The molecule has 0 saturated carbocycles. The van der Waals surface area contributed by atoms with Crippen LogP contribution in [0.1, 0.15) is 5.56 Å². The smallest absolute Gasteiger partial charge is 0.246 e. The van der Waals surface area contributed by atoms with E-state index in [2.05, 4.69) is 16.5 Å². The van der Waals surface area contributed by atoms with E-state index < -0.39 is 11.6 Å². The second-order valence-corrected chi connectivity index (χ2v) is 8.58. The van der Waals surface area contributed by atoms with E-state index >= 15 is 4.39 Å². The predicted octanol–water partition coefficient (Wildman–Crippen LogP) is 4.12. The number of nitrogens with zero attached hydrogens (tertiary/aromatic N) is 5.